The van der Waals surface area contributed by atoms with Crippen molar-refractivity contribution in [2.45, 2.75) is 0 Å². The molecule has 8 heteroatoms. The number of nitrogens with zero attached hydrogens (tertiary/aromatic N) is 1. The van der Waals surface area contributed by atoms with E-state index >= 15 is 0 Å². The van der Waals surface area contributed by atoms with Gasteiger partial charge in [-0.25, -0.2) is 14.2 Å². The lowest BCUT2D eigenvalue weighted by atomic mass is 10.3. The molecule has 0 aliphatic carbocycles. The molecule has 0 atom stereocenters. The first-order valence-corrected chi connectivity index (χ1v) is 6.01. The van der Waals surface area contributed by atoms with E-state index < -0.39 is 17.8 Å². The number of thiazole rings is 1. The van der Waals surface area contributed by atoms with Gasteiger partial charge in [0.1, 0.15) is 11.5 Å². The first kappa shape index (κ1) is 13.0. The van der Waals surface area contributed by atoms with E-state index in [-0.39, 0.29) is 10.8 Å². The average Bonchev–Trinajstić information content (AvgIpc) is 2.80. The molecule has 0 saturated carbocycles. The smallest absolute Gasteiger partial charge is 0.325 e. The summed E-state index contributed by atoms with van der Waals surface area (Å²) in [4.78, 5) is 26.2. The Morgan fingerprint density at radius 3 is 2.47 bits per heavy atom. The minimum absolute atomic E-state index is 0.0853. The second kappa shape index (κ2) is 5.44. The van der Waals surface area contributed by atoms with Crippen LogP contribution in [0.15, 0.2) is 29.6 Å². The fourth-order valence-corrected chi connectivity index (χ4v) is 1.93. The molecule has 0 aliphatic rings. The number of primary amides is 1. The molecule has 1 heterocycles. The number of carbonyl (C=O) groups is 2. The lowest BCUT2D eigenvalue weighted by Gasteiger charge is -2.04. The number of hydrogen-bond acceptors (Lipinski definition) is 4. The maximum Gasteiger partial charge on any atom is 0.325 e. The lowest BCUT2D eigenvalue weighted by molar-refractivity contribution is 0.0996. The number of hydrogen-bond donors (Lipinski definition) is 3. The number of nitrogens with two attached hydrogens (primary N) is 1. The number of aromatic nitrogens is 1. The van der Waals surface area contributed by atoms with Gasteiger partial charge < -0.3 is 11.1 Å². The first-order chi connectivity index (χ1) is 9.04. The molecule has 0 unspecified atom stereocenters. The highest BCUT2D eigenvalue weighted by atomic mass is 32.1. The first-order valence-electron chi connectivity index (χ1n) is 5.13. The van der Waals surface area contributed by atoms with Crippen molar-refractivity contribution < 1.29 is 14.0 Å². The van der Waals surface area contributed by atoms with Crippen LogP contribution in [-0.2, 0) is 0 Å². The van der Waals surface area contributed by atoms with Gasteiger partial charge in [0.2, 0.25) is 0 Å². The highest BCUT2D eigenvalue weighted by molar-refractivity contribution is 7.14. The summed E-state index contributed by atoms with van der Waals surface area (Å²) in [7, 11) is 0. The monoisotopic (exact) mass is 280 g/mol. The number of amides is 3. The molecule has 3 amide bonds. The van der Waals surface area contributed by atoms with Crippen LogP contribution in [0.5, 0.6) is 0 Å². The van der Waals surface area contributed by atoms with E-state index in [1.807, 2.05) is 0 Å². The molecule has 0 fully saturated rings. The van der Waals surface area contributed by atoms with E-state index in [4.69, 9.17) is 5.73 Å². The third-order valence-electron chi connectivity index (χ3n) is 2.08. The highest BCUT2D eigenvalue weighted by Crippen LogP contribution is 2.15. The van der Waals surface area contributed by atoms with Crippen LogP contribution >= 0.6 is 11.3 Å². The van der Waals surface area contributed by atoms with Crippen molar-refractivity contribution in [3.63, 3.8) is 0 Å². The molecular weight excluding hydrogens is 271 g/mol. The largest absolute Gasteiger partial charge is 0.364 e. The second-order valence-corrected chi connectivity index (χ2v) is 4.35. The molecule has 2 rings (SSSR count). The SMILES string of the molecule is NC(=O)c1csc(NC(=O)Nc2ccc(F)cc2)n1. The molecule has 6 nitrogen and oxygen atoms in total. The van der Waals surface area contributed by atoms with Gasteiger partial charge in [0.25, 0.3) is 5.91 Å². The zero-order chi connectivity index (χ0) is 13.8. The standard InChI is InChI=1S/C11H9FN4O2S/c12-6-1-3-7(4-2-6)14-10(18)16-11-15-8(5-19-11)9(13)17/h1-5H,(H2,13,17)(H2,14,15,16,18). The summed E-state index contributed by atoms with van der Waals surface area (Å²) in [6.45, 7) is 0. The van der Waals surface area contributed by atoms with Crippen molar-refractivity contribution in [3.8, 4) is 0 Å². The number of urea groups is 1. The molecule has 4 N–H and O–H groups in total. The normalized spacial score (nSPS) is 9.95. The van der Waals surface area contributed by atoms with Crippen molar-refractivity contribution in [1.82, 2.24) is 4.98 Å². The molecule has 1 aromatic heterocycles. The van der Waals surface area contributed by atoms with Gasteiger partial charge in [-0.15, -0.1) is 11.3 Å². The van der Waals surface area contributed by atoms with Gasteiger partial charge in [-0.3, -0.25) is 10.1 Å². The summed E-state index contributed by atoms with van der Waals surface area (Å²) >= 11 is 1.08. The lowest BCUT2D eigenvalue weighted by Crippen LogP contribution is -2.19. The summed E-state index contributed by atoms with van der Waals surface area (Å²) < 4.78 is 12.7. The zero-order valence-corrected chi connectivity index (χ0v) is 10.3. The van der Waals surface area contributed by atoms with E-state index in [9.17, 15) is 14.0 Å². The van der Waals surface area contributed by atoms with Crippen LogP contribution in [-0.4, -0.2) is 16.9 Å². The Labute approximate surface area is 111 Å². The van der Waals surface area contributed by atoms with Crippen molar-refractivity contribution >= 4 is 34.1 Å². The van der Waals surface area contributed by atoms with E-state index in [0.717, 1.165) is 11.3 Å². The van der Waals surface area contributed by atoms with Crippen LogP contribution in [0.25, 0.3) is 0 Å². The van der Waals surface area contributed by atoms with Gasteiger partial charge in [-0.2, -0.15) is 0 Å². The summed E-state index contributed by atoms with van der Waals surface area (Å²) in [5.74, 6) is -1.06. The van der Waals surface area contributed by atoms with Crippen LogP contribution in [0, 0.1) is 5.82 Å². The molecule has 2 aromatic rings. The molecular formula is C11H9FN4O2S. The summed E-state index contributed by atoms with van der Waals surface area (Å²) in [6, 6.07) is 4.75. The molecule has 0 aliphatic heterocycles. The number of rotatable bonds is 3. The number of nitrogens with one attached hydrogen (secondary N) is 2. The van der Waals surface area contributed by atoms with Crippen molar-refractivity contribution in [3.05, 3.63) is 41.2 Å². The van der Waals surface area contributed by atoms with Gasteiger partial charge in [0.05, 0.1) is 0 Å². The molecule has 19 heavy (non-hydrogen) atoms. The third kappa shape index (κ3) is 3.49. The average molecular weight is 280 g/mol. The van der Waals surface area contributed by atoms with Crippen molar-refractivity contribution in [2.75, 3.05) is 10.6 Å². The van der Waals surface area contributed by atoms with Crippen LogP contribution in [0.2, 0.25) is 0 Å². The number of anilines is 2. The molecule has 0 radical (unpaired) electrons. The van der Waals surface area contributed by atoms with Crippen LogP contribution in [0.4, 0.5) is 20.0 Å². The Bertz CT molecular complexity index is 611. The predicted molar refractivity (Wildman–Crippen MR) is 69.7 cm³/mol. The predicted octanol–water partition coefficient (Wildman–Crippen LogP) is 2.03. The molecule has 98 valence electrons. The summed E-state index contributed by atoms with van der Waals surface area (Å²) in [5, 5.41) is 6.61. The summed E-state index contributed by atoms with van der Waals surface area (Å²) in [6.07, 6.45) is 0. The van der Waals surface area contributed by atoms with Crippen LogP contribution in [0.1, 0.15) is 10.5 Å². The fraction of sp³-hybridized carbons (Fsp3) is 0. The Morgan fingerprint density at radius 2 is 1.89 bits per heavy atom. The Hall–Kier alpha value is -2.48. The van der Waals surface area contributed by atoms with Crippen molar-refractivity contribution in [1.29, 1.82) is 0 Å². The Balaban J connectivity index is 1.97. The van der Waals surface area contributed by atoms with Gasteiger partial charge >= 0.3 is 6.03 Å². The maximum atomic E-state index is 12.7. The minimum Gasteiger partial charge on any atom is -0.364 e. The van der Waals surface area contributed by atoms with E-state index in [2.05, 4.69) is 15.6 Å². The van der Waals surface area contributed by atoms with E-state index in [0.29, 0.717) is 5.69 Å². The molecule has 0 bridgehead atoms. The highest BCUT2D eigenvalue weighted by Gasteiger charge is 2.09. The Morgan fingerprint density at radius 1 is 1.21 bits per heavy atom. The van der Waals surface area contributed by atoms with E-state index in [1.165, 1.54) is 29.6 Å². The zero-order valence-electron chi connectivity index (χ0n) is 9.51. The molecule has 0 spiro atoms. The Kier molecular flexibility index (Phi) is 3.71. The van der Waals surface area contributed by atoms with Gasteiger partial charge in [0, 0.05) is 11.1 Å². The van der Waals surface area contributed by atoms with Gasteiger partial charge in [-0.1, -0.05) is 0 Å². The van der Waals surface area contributed by atoms with Gasteiger partial charge in [0.15, 0.2) is 5.13 Å². The topological polar surface area (TPSA) is 97.1 Å². The maximum absolute atomic E-state index is 12.7. The van der Waals surface area contributed by atoms with Crippen LogP contribution in [0.3, 0.4) is 0 Å². The van der Waals surface area contributed by atoms with Crippen molar-refractivity contribution in [2.24, 2.45) is 5.73 Å². The van der Waals surface area contributed by atoms with E-state index in [1.54, 1.807) is 0 Å². The quantitative estimate of drug-likeness (QED) is 0.802. The summed E-state index contributed by atoms with van der Waals surface area (Å²) in [5.41, 5.74) is 5.56. The number of benzene rings is 1. The molecule has 0 saturated heterocycles. The second-order valence-electron chi connectivity index (χ2n) is 3.49. The third-order valence-corrected chi connectivity index (χ3v) is 2.84. The number of carbonyl (C=O) groups excluding carboxylic acids is 2. The number of halogens is 1. The molecule has 1 aromatic carbocycles. The minimum atomic E-state index is -0.664. The van der Waals surface area contributed by atoms with Crippen LogP contribution < -0.4 is 16.4 Å². The van der Waals surface area contributed by atoms with Gasteiger partial charge in [-0.05, 0) is 24.3 Å². The fourth-order valence-electron chi connectivity index (χ4n) is 1.24.